The monoisotopic (exact) mass is 682 g/mol. The molecule has 3 aromatic heterocycles. The number of nitrogens with one attached hydrogen (secondary N) is 3. The number of hydrogen-bond acceptors (Lipinski definition) is 11. The second kappa shape index (κ2) is 13.2. The fourth-order valence-electron chi connectivity index (χ4n) is 4.55. The number of benzene rings is 1. The topological polar surface area (TPSA) is 154 Å². The number of pyridine rings is 1. The second-order valence-electron chi connectivity index (χ2n) is 10.2. The summed E-state index contributed by atoms with van der Waals surface area (Å²) >= 11 is 0. The van der Waals surface area contributed by atoms with E-state index < -0.39 is 50.1 Å². The maximum atomic E-state index is 15.1. The summed E-state index contributed by atoms with van der Waals surface area (Å²) in [6.07, 6.45) is -2.25. The predicted molar refractivity (Wildman–Crippen MR) is 159 cm³/mol. The number of aromatic nitrogens is 5. The van der Waals surface area contributed by atoms with Crippen LogP contribution >= 0.6 is 7.60 Å². The van der Waals surface area contributed by atoms with E-state index in [1.807, 2.05) is 0 Å². The van der Waals surface area contributed by atoms with Crippen molar-refractivity contribution in [2.24, 2.45) is 0 Å². The van der Waals surface area contributed by atoms with Crippen LogP contribution in [0.15, 0.2) is 48.9 Å². The Balaban J connectivity index is 1.65. The normalized spacial score (nSPS) is 18.0. The lowest BCUT2D eigenvalue weighted by molar-refractivity contribution is -0.137. The number of anilines is 4. The molecule has 0 aliphatic carbocycles. The fraction of sp³-hybridized carbons (Fsp3) is 0.321. The average molecular weight is 683 g/mol. The van der Waals surface area contributed by atoms with E-state index >= 15 is 8.78 Å². The number of carbonyl (C=O) groups is 1. The summed E-state index contributed by atoms with van der Waals surface area (Å²) in [6, 6.07) is 7.00. The second-order valence-corrected chi connectivity index (χ2v) is 12.2. The van der Waals surface area contributed by atoms with E-state index in [1.165, 1.54) is 63.8 Å². The van der Waals surface area contributed by atoms with Gasteiger partial charge in [0.2, 0.25) is 5.95 Å². The first kappa shape index (κ1) is 33.7. The van der Waals surface area contributed by atoms with E-state index in [9.17, 15) is 22.5 Å². The zero-order valence-corrected chi connectivity index (χ0v) is 26.0. The number of ether oxygens (including phenoxy) is 1. The van der Waals surface area contributed by atoms with Crippen molar-refractivity contribution in [1.29, 1.82) is 0 Å². The minimum Gasteiger partial charge on any atom is -0.495 e. The highest BCUT2D eigenvalue weighted by Gasteiger charge is 2.37. The summed E-state index contributed by atoms with van der Waals surface area (Å²) in [6.45, 7) is -0.770. The Hall–Kier alpha value is -4.67. The van der Waals surface area contributed by atoms with Crippen molar-refractivity contribution in [2.45, 2.75) is 31.7 Å². The lowest BCUT2D eigenvalue weighted by Gasteiger charge is -2.22. The maximum Gasteiger partial charge on any atom is 0.421 e. The molecule has 0 spiro atoms. The average Bonchev–Trinajstić information content (AvgIpc) is 3.47. The van der Waals surface area contributed by atoms with Gasteiger partial charge in [-0.25, -0.2) is 18.7 Å². The van der Waals surface area contributed by atoms with Crippen LogP contribution in [0.1, 0.15) is 28.5 Å². The first-order valence-electron chi connectivity index (χ1n) is 13.9. The molecule has 3 N–H and O–H groups in total. The molecule has 0 saturated carbocycles. The Kier molecular flexibility index (Phi) is 9.47. The smallest absolute Gasteiger partial charge is 0.421 e. The van der Waals surface area contributed by atoms with Gasteiger partial charge in [0.05, 0.1) is 43.1 Å². The molecular formula is C28H28F5N8O5P. The molecule has 8 rings (SSSR count). The molecule has 7 heterocycles. The number of halogens is 5. The Morgan fingerprint density at radius 2 is 1.91 bits per heavy atom. The summed E-state index contributed by atoms with van der Waals surface area (Å²) in [5.74, 6) is -5.15. The zero-order chi connectivity index (χ0) is 34.0. The van der Waals surface area contributed by atoms with Gasteiger partial charge in [0, 0.05) is 25.0 Å². The Bertz CT molecular complexity index is 1840. The lowest BCUT2D eigenvalue weighted by atomic mass is 10.1. The van der Waals surface area contributed by atoms with Crippen molar-refractivity contribution in [3.63, 3.8) is 0 Å². The van der Waals surface area contributed by atoms with E-state index in [2.05, 4.69) is 36.0 Å². The molecule has 19 heteroatoms. The van der Waals surface area contributed by atoms with Crippen molar-refractivity contribution in [2.75, 3.05) is 38.0 Å². The van der Waals surface area contributed by atoms with Crippen LogP contribution in [0.2, 0.25) is 0 Å². The van der Waals surface area contributed by atoms with Crippen LogP contribution in [0.4, 0.5) is 45.1 Å². The highest BCUT2D eigenvalue weighted by molar-refractivity contribution is 7.53. The Morgan fingerprint density at radius 3 is 2.62 bits per heavy atom. The molecule has 0 radical (unpaired) electrons. The molecular weight excluding hydrogens is 654 g/mol. The minimum absolute atomic E-state index is 0.0897. The van der Waals surface area contributed by atoms with Crippen LogP contribution in [0.5, 0.6) is 5.75 Å². The third-order valence-electron chi connectivity index (χ3n) is 6.69. The van der Waals surface area contributed by atoms with Crippen molar-refractivity contribution in [1.82, 2.24) is 30.0 Å². The van der Waals surface area contributed by atoms with E-state index in [0.29, 0.717) is 11.8 Å². The van der Waals surface area contributed by atoms with Gasteiger partial charge in [-0.3, -0.25) is 14.0 Å². The van der Waals surface area contributed by atoms with Gasteiger partial charge < -0.3 is 29.7 Å². The standard InChI is InChI=1S/C28H28F5N8O5P/c1-4-45-47(43)13-16-5-6-20(22(9-16)44-3)39-26-35-11-18(28(31,32)33)24(40-26)38-21-8-7-19(37-23(21)25(42)34-2)17-10-36-41(12-17)14-27(29,30)15-46-47/h5-12H,4,13-15H2,1-3H3,(H,34,42)(H2,35,38,39,40). The molecule has 4 aromatic rings. The van der Waals surface area contributed by atoms with Gasteiger partial charge in [0.25, 0.3) is 11.8 Å². The highest BCUT2D eigenvalue weighted by atomic mass is 31.2. The minimum atomic E-state index is -4.89. The largest absolute Gasteiger partial charge is 0.495 e. The predicted octanol–water partition coefficient (Wildman–Crippen LogP) is 6.00. The summed E-state index contributed by atoms with van der Waals surface area (Å²) < 4.78 is 103. The van der Waals surface area contributed by atoms with Crippen LogP contribution in [-0.4, -0.2) is 63.9 Å². The number of nitrogens with zero attached hydrogens (tertiary/aromatic N) is 5. The zero-order valence-electron chi connectivity index (χ0n) is 25.1. The first-order valence-corrected chi connectivity index (χ1v) is 15.6. The summed E-state index contributed by atoms with van der Waals surface area (Å²) in [4.78, 5) is 24.9. The van der Waals surface area contributed by atoms with Crippen LogP contribution in [0.3, 0.4) is 0 Å². The maximum absolute atomic E-state index is 15.1. The van der Waals surface area contributed by atoms with E-state index in [0.717, 1.165) is 4.68 Å². The van der Waals surface area contributed by atoms with Crippen LogP contribution in [0.25, 0.3) is 11.3 Å². The lowest BCUT2D eigenvalue weighted by Crippen LogP contribution is -2.29. The molecule has 0 saturated heterocycles. The van der Waals surface area contributed by atoms with Gasteiger partial charge in [-0.2, -0.15) is 23.3 Å². The third kappa shape index (κ3) is 7.84. The molecule has 4 aliphatic rings. The number of rotatable bonds is 4. The van der Waals surface area contributed by atoms with Gasteiger partial charge in [-0.05, 0) is 36.8 Å². The number of hydrogen-bond donors (Lipinski definition) is 3. The van der Waals surface area contributed by atoms with Crippen LogP contribution in [0, 0.1) is 0 Å². The number of alkyl halides is 5. The molecule has 1 amide bonds. The molecule has 250 valence electrons. The molecule has 1 unspecified atom stereocenters. The molecule has 0 fully saturated rings. The third-order valence-corrected chi connectivity index (χ3v) is 8.62. The van der Waals surface area contributed by atoms with E-state index in [1.54, 1.807) is 0 Å². The Morgan fingerprint density at radius 1 is 1.15 bits per heavy atom. The van der Waals surface area contributed by atoms with Crippen molar-refractivity contribution in [3.05, 3.63) is 65.7 Å². The van der Waals surface area contributed by atoms with E-state index in [4.69, 9.17) is 13.8 Å². The SMILES string of the molecule is CCOP1(=O)Cc2ccc(c(OC)c2)Nc2ncc(C(F)(F)F)c(n2)Nc2ccc(nc2C(=O)NC)-c2cnn(c2)CC(F)(F)CO1. The molecule has 8 bridgehead atoms. The van der Waals surface area contributed by atoms with Gasteiger partial charge in [-0.15, -0.1) is 0 Å². The molecule has 1 atom stereocenters. The molecule has 4 aliphatic heterocycles. The van der Waals surface area contributed by atoms with Gasteiger partial charge >= 0.3 is 13.8 Å². The van der Waals surface area contributed by atoms with Crippen molar-refractivity contribution in [3.8, 4) is 17.0 Å². The Labute approximate surface area is 264 Å². The van der Waals surface area contributed by atoms with Gasteiger partial charge in [0.15, 0.2) is 5.69 Å². The first-order chi connectivity index (χ1) is 22.2. The van der Waals surface area contributed by atoms with Crippen LogP contribution < -0.4 is 20.7 Å². The number of methoxy groups -OCH3 is 1. The van der Waals surface area contributed by atoms with Crippen molar-refractivity contribution >= 4 is 36.6 Å². The summed E-state index contributed by atoms with van der Waals surface area (Å²) in [7, 11) is -1.50. The van der Waals surface area contributed by atoms with Gasteiger partial charge in [-0.1, -0.05) is 6.07 Å². The highest BCUT2D eigenvalue weighted by Crippen LogP contribution is 2.53. The fourth-order valence-corrected chi connectivity index (χ4v) is 6.23. The number of amides is 1. The molecule has 47 heavy (non-hydrogen) atoms. The van der Waals surface area contributed by atoms with Crippen LogP contribution in [-0.2, 0) is 32.5 Å². The summed E-state index contributed by atoms with van der Waals surface area (Å²) in [5.41, 5.74) is -0.815. The quantitative estimate of drug-likeness (QED) is 0.171. The summed E-state index contributed by atoms with van der Waals surface area (Å²) in [5, 5.41) is 11.6. The molecule has 13 nitrogen and oxygen atoms in total. The molecule has 1 aromatic carbocycles. The van der Waals surface area contributed by atoms with Gasteiger partial charge in [0.1, 0.15) is 30.3 Å². The number of carbonyl (C=O) groups excluding carboxylic acids is 1. The van der Waals surface area contributed by atoms with E-state index in [-0.39, 0.29) is 52.8 Å². The van der Waals surface area contributed by atoms with Crippen molar-refractivity contribution < 1.29 is 45.1 Å².